The van der Waals surface area contributed by atoms with E-state index in [4.69, 9.17) is 4.74 Å². The number of Topliss-reactive ketones (excluding diaryl/α,β-unsaturated/α-hetero) is 1. The molecule has 1 fully saturated rings. The molecule has 0 spiro atoms. The largest absolute Gasteiger partial charge is 0.507 e. The summed E-state index contributed by atoms with van der Waals surface area (Å²) >= 11 is 0. The van der Waals surface area contributed by atoms with Gasteiger partial charge in [0.25, 0.3) is 0 Å². The first kappa shape index (κ1) is 24.8. The van der Waals surface area contributed by atoms with Crippen LogP contribution in [0.1, 0.15) is 34.3 Å². The number of phenols is 1. The summed E-state index contributed by atoms with van der Waals surface area (Å²) in [6.45, 7) is 4.17. The Morgan fingerprint density at radius 1 is 0.865 bits per heavy atom. The van der Waals surface area contributed by atoms with Crippen LogP contribution in [-0.4, -0.2) is 42.0 Å². The predicted octanol–water partition coefficient (Wildman–Crippen LogP) is 6.93. The molecule has 1 saturated heterocycles. The highest BCUT2D eigenvalue weighted by molar-refractivity contribution is 5.99. The number of likely N-dealkylation sites (tertiary alicyclic amines) is 1. The van der Waals surface area contributed by atoms with Gasteiger partial charge in [0.1, 0.15) is 17.6 Å². The zero-order valence-electron chi connectivity index (χ0n) is 21.5. The van der Waals surface area contributed by atoms with Gasteiger partial charge in [-0.2, -0.15) is 0 Å². The maximum atomic E-state index is 13.1. The molecule has 0 aromatic heterocycles. The van der Waals surface area contributed by atoms with Gasteiger partial charge < -0.3 is 14.7 Å². The van der Waals surface area contributed by atoms with Gasteiger partial charge in [0, 0.05) is 30.6 Å². The van der Waals surface area contributed by atoms with Crippen LogP contribution >= 0.6 is 0 Å². The van der Waals surface area contributed by atoms with Gasteiger partial charge in [-0.3, -0.25) is 4.79 Å². The molecule has 0 radical (unpaired) electrons. The highest BCUT2D eigenvalue weighted by Gasteiger charge is 2.18. The van der Waals surface area contributed by atoms with Crippen molar-refractivity contribution < 1.29 is 14.6 Å². The number of carbonyl (C=O) groups excluding carboxylic acids is 1. The third-order valence-corrected chi connectivity index (χ3v) is 7.12. The van der Waals surface area contributed by atoms with E-state index in [0.29, 0.717) is 23.7 Å². The second-order valence-electron chi connectivity index (χ2n) is 10.0. The molecular formula is C33H33NO3. The van der Waals surface area contributed by atoms with Crippen LogP contribution in [0.25, 0.3) is 22.3 Å². The maximum Gasteiger partial charge on any atom is 0.167 e. The number of piperidine rings is 1. The third kappa shape index (κ3) is 6.10. The van der Waals surface area contributed by atoms with Crippen molar-refractivity contribution in [3.63, 3.8) is 0 Å². The number of phenolic OH excluding ortho intramolecular Hbond substituents is 1. The predicted molar refractivity (Wildman–Crippen MR) is 149 cm³/mol. The number of nitrogens with zero attached hydrogens (tertiary/aromatic N) is 1. The Morgan fingerprint density at radius 3 is 2.22 bits per heavy atom. The molecule has 5 rings (SSSR count). The molecule has 0 atom stereocenters. The van der Waals surface area contributed by atoms with E-state index in [1.54, 1.807) is 18.2 Å². The van der Waals surface area contributed by atoms with E-state index in [1.807, 2.05) is 55.5 Å². The van der Waals surface area contributed by atoms with E-state index < -0.39 is 0 Å². The topological polar surface area (TPSA) is 49.8 Å². The Bertz CT molecular complexity index is 1370. The fourth-order valence-corrected chi connectivity index (χ4v) is 4.88. The zero-order valence-corrected chi connectivity index (χ0v) is 21.5. The molecule has 0 amide bonds. The lowest BCUT2D eigenvalue weighted by Crippen LogP contribution is -2.35. The number of hydrogen-bond acceptors (Lipinski definition) is 4. The number of carbonyl (C=O) groups is 1. The minimum absolute atomic E-state index is 0.0251. The van der Waals surface area contributed by atoms with Crippen LogP contribution in [0.4, 0.5) is 0 Å². The van der Waals surface area contributed by atoms with Crippen LogP contribution in [0.2, 0.25) is 0 Å². The van der Waals surface area contributed by atoms with Gasteiger partial charge in [-0.25, -0.2) is 0 Å². The zero-order chi connectivity index (χ0) is 25.8. The summed E-state index contributed by atoms with van der Waals surface area (Å²) in [5, 5.41) is 10.4. The van der Waals surface area contributed by atoms with Crippen molar-refractivity contribution in [3.8, 4) is 33.8 Å². The molecule has 4 nitrogen and oxygen atoms in total. The number of hydrogen-bond donors (Lipinski definition) is 1. The molecule has 1 N–H and O–H groups in total. The average molecular weight is 492 g/mol. The van der Waals surface area contributed by atoms with Crippen LogP contribution in [0.5, 0.6) is 11.5 Å². The van der Waals surface area contributed by atoms with Gasteiger partial charge in [-0.15, -0.1) is 0 Å². The summed E-state index contributed by atoms with van der Waals surface area (Å²) in [5.74, 6) is 1.12. The number of ether oxygens (including phenoxy) is 1. The lowest BCUT2D eigenvalue weighted by molar-refractivity contribution is 0.0993. The first-order chi connectivity index (χ1) is 17.9. The van der Waals surface area contributed by atoms with Crippen molar-refractivity contribution in [3.05, 3.63) is 108 Å². The van der Waals surface area contributed by atoms with Gasteiger partial charge in [0.2, 0.25) is 0 Å². The van der Waals surface area contributed by atoms with Gasteiger partial charge >= 0.3 is 0 Å². The molecule has 0 saturated carbocycles. The highest BCUT2D eigenvalue weighted by atomic mass is 16.5. The van der Waals surface area contributed by atoms with Crippen molar-refractivity contribution in [2.24, 2.45) is 0 Å². The number of ketones is 1. The van der Waals surface area contributed by atoms with Crippen LogP contribution in [-0.2, 0) is 6.42 Å². The smallest absolute Gasteiger partial charge is 0.167 e. The number of aromatic hydroxyl groups is 1. The maximum absolute atomic E-state index is 13.1. The molecular weight excluding hydrogens is 458 g/mol. The van der Waals surface area contributed by atoms with E-state index >= 15 is 0 Å². The molecule has 0 bridgehead atoms. The molecule has 188 valence electrons. The summed E-state index contributed by atoms with van der Waals surface area (Å²) in [6, 6.07) is 29.4. The lowest BCUT2D eigenvalue weighted by atomic mass is 9.96. The standard InChI is InChI=1S/C33H33NO3/c1-23-4-3-5-27(20-23)31-22-28(12-15-32(31)35)33(36)21-24-6-8-25(9-7-24)26-10-13-29(14-11-26)37-30-16-18-34(2)19-17-30/h3-15,20,22,30,35H,16-19,21H2,1-2H3. The van der Waals surface area contributed by atoms with Crippen molar-refractivity contribution in [2.75, 3.05) is 20.1 Å². The second-order valence-corrected chi connectivity index (χ2v) is 10.0. The summed E-state index contributed by atoms with van der Waals surface area (Å²) in [6.07, 6.45) is 2.73. The third-order valence-electron chi connectivity index (χ3n) is 7.12. The first-order valence-corrected chi connectivity index (χ1v) is 12.9. The molecule has 37 heavy (non-hydrogen) atoms. The molecule has 1 heterocycles. The van der Waals surface area contributed by atoms with Gasteiger partial charge in [0.05, 0.1) is 0 Å². The average Bonchev–Trinajstić information content (AvgIpc) is 2.91. The van der Waals surface area contributed by atoms with Crippen LogP contribution in [0.3, 0.4) is 0 Å². The van der Waals surface area contributed by atoms with E-state index in [-0.39, 0.29) is 11.5 Å². The minimum atomic E-state index is 0.0251. The molecule has 4 heteroatoms. The monoisotopic (exact) mass is 491 g/mol. The van der Waals surface area contributed by atoms with Gasteiger partial charge in [-0.05, 0) is 79.4 Å². The summed E-state index contributed by atoms with van der Waals surface area (Å²) in [4.78, 5) is 15.4. The van der Waals surface area contributed by atoms with Crippen molar-refractivity contribution in [1.29, 1.82) is 0 Å². The Balaban J connectivity index is 1.23. The SMILES string of the molecule is Cc1cccc(-c2cc(C(=O)Cc3ccc(-c4ccc(OC5CCN(C)CC5)cc4)cc3)ccc2O)c1. The highest BCUT2D eigenvalue weighted by Crippen LogP contribution is 2.31. The lowest BCUT2D eigenvalue weighted by Gasteiger charge is -2.29. The fraction of sp³-hybridized carbons (Fsp3) is 0.242. The number of aryl methyl sites for hydroxylation is 1. The number of benzene rings is 4. The van der Waals surface area contributed by atoms with Gasteiger partial charge in [0.15, 0.2) is 5.78 Å². The van der Waals surface area contributed by atoms with Gasteiger partial charge in [-0.1, -0.05) is 66.2 Å². The molecule has 1 aliphatic heterocycles. The van der Waals surface area contributed by atoms with Crippen LogP contribution in [0.15, 0.2) is 91.0 Å². The van der Waals surface area contributed by atoms with Crippen molar-refractivity contribution in [1.82, 2.24) is 4.90 Å². The summed E-state index contributed by atoms with van der Waals surface area (Å²) < 4.78 is 6.17. The molecule has 0 unspecified atom stereocenters. The van der Waals surface area contributed by atoms with E-state index in [9.17, 15) is 9.90 Å². The van der Waals surface area contributed by atoms with E-state index in [2.05, 4.69) is 36.2 Å². The Morgan fingerprint density at radius 2 is 1.54 bits per heavy atom. The summed E-state index contributed by atoms with van der Waals surface area (Å²) in [5.41, 5.74) is 6.46. The fourth-order valence-electron chi connectivity index (χ4n) is 4.88. The molecule has 1 aliphatic rings. The van der Waals surface area contributed by atoms with Crippen LogP contribution in [0, 0.1) is 6.92 Å². The van der Waals surface area contributed by atoms with Crippen molar-refractivity contribution >= 4 is 5.78 Å². The first-order valence-electron chi connectivity index (χ1n) is 12.9. The number of rotatable bonds is 7. The normalized spacial score (nSPS) is 14.4. The molecule has 0 aliphatic carbocycles. The van der Waals surface area contributed by atoms with Crippen molar-refractivity contribution in [2.45, 2.75) is 32.3 Å². The minimum Gasteiger partial charge on any atom is -0.507 e. The molecule has 4 aromatic carbocycles. The molecule has 4 aromatic rings. The van der Waals surface area contributed by atoms with E-state index in [0.717, 1.165) is 59.5 Å². The second kappa shape index (κ2) is 11.0. The Hall–Kier alpha value is -3.89. The van der Waals surface area contributed by atoms with Crippen LogP contribution < -0.4 is 4.74 Å². The quantitative estimate of drug-likeness (QED) is 0.285. The Labute approximate surface area is 219 Å². The van der Waals surface area contributed by atoms with E-state index in [1.165, 1.54) is 0 Å². The summed E-state index contributed by atoms with van der Waals surface area (Å²) in [7, 11) is 2.15. The Kier molecular flexibility index (Phi) is 7.38.